The number of benzene rings is 1. The fourth-order valence-electron chi connectivity index (χ4n) is 2.40. The average Bonchev–Trinajstić information content (AvgIpc) is 2.16. The molecule has 1 heterocycles. The Morgan fingerprint density at radius 3 is 2.93 bits per heavy atom. The van der Waals surface area contributed by atoms with Crippen molar-refractivity contribution in [3.63, 3.8) is 0 Å². The highest BCUT2D eigenvalue weighted by Gasteiger charge is 2.24. The number of nitrogen functional groups attached to an aromatic ring is 1. The molecule has 0 aromatic heterocycles. The normalized spacial score (nSPS) is 21.1. The number of fused-ring (bicyclic) bond motifs is 1. The minimum atomic E-state index is 0.331. The van der Waals surface area contributed by atoms with Crippen LogP contribution in [0, 0.1) is 0 Å². The monoisotopic (exact) mass is 202 g/mol. The molecular formula is C13H18N2. The summed E-state index contributed by atoms with van der Waals surface area (Å²) in [5.74, 6) is 0. The summed E-state index contributed by atoms with van der Waals surface area (Å²) < 4.78 is 0. The molecule has 15 heavy (non-hydrogen) atoms. The number of nitrogens with two attached hydrogens (primary N) is 1. The summed E-state index contributed by atoms with van der Waals surface area (Å²) in [4.78, 5) is 2.34. The van der Waals surface area contributed by atoms with Gasteiger partial charge in [0.15, 0.2) is 0 Å². The van der Waals surface area contributed by atoms with Crippen molar-refractivity contribution in [3.05, 3.63) is 41.5 Å². The smallest absolute Gasteiger partial charge is 0.0556 e. The van der Waals surface area contributed by atoms with Crippen molar-refractivity contribution in [1.82, 2.24) is 4.90 Å². The molecule has 0 aliphatic carbocycles. The van der Waals surface area contributed by atoms with Crippen LogP contribution in [0.15, 0.2) is 30.4 Å². The quantitative estimate of drug-likeness (QED) is 0.559. The van der Waals surface area contributed by atoms with E-state index in [9.17, 15) is 0 Å². The van der Waals surface area contributed by atoms with Gasteiger partial charge in [-0.1, -0.05) is 18.2 Å². The van der Waals surface area contributed by atoms with Gasteiger partial charge < -0.3 is 5.73 Å². The average molecular weight is 202 g/mol. The van der Waals surface area contributed by atoms with Gasteiger partial charge >= 0.3 is 0 Å². The largest absolute Gasteiger partial charge is 0.399 e. The molecule has 2 rings (SSSR count). The molecule has 0 bridgehead atoms. The number of likely N-dealkylation sites (N-methyl/N-ethyl adjacent to an activating group) is 1. The Morgan fingerprint density at radius 2 is 2.27 bits per heavy atom. The minimum absolute atomic E-state index is 0.331. The van der Waals surface area contributed by atoms with E-state index in [-0.39, 0.29) is 0 Å². The first kappa shape index (κ1) is 10.2. The Bertz CT molecular complexity index is 396. The predicted molar refractivity (Wildman–Crippen MR) is 64.7 cm³/mol. The molecule has 1 aliphatic rings. The van der Waals surface area contributed by atoms with Crippen molar-refractivity contribution in [2.24, 2.45) is 0 Å². The van der Waals surface area contributed by atoms with E-state index in [1.807, 2.05) is 6.07 Å². The maximum Gasteiger partial charge on any atom is 0.0556 e. The van der Waals surface area contributed by atoms with Crippen LogP contribution in [0.3, 0.4) is 0 Å². The van der Waals surface area contributed by atoms with Gasteiger partial charge in [0.2, 0.25) is 0 Å². The molecule has 0 fully saturated rings. The van der Waals surface area contributed by atoms with Gasteiger partial charge in [-0.15, -0.1) is 0 Å². The van der Waals surface area contributed by atoms with Crippen LogP contribution < -0.4 is 5.73 Å². The molecule has 0 unspecified atom stereocenters. The van der Waals surface area contributed by atoms with Crippen LogP contribution in [0.25, 0.3) is 0 Å². The van der Waals surface area contributed by atoms with Crippen molar-refractivity contribution >= 4 is 5.69 Å². The van der Waals surface area contributed by atoms with Crippen molar-refractivity contribution < 1.29 is 0 Å². The number of nitrogens with zero attached hydrogens (tertiary/aromatic N) is 1. The molecule has 0 amide bonds. The molecule has 0 radical (unpaired) electrons. The Balaban J connectivity index is 2.50. The molecule has 1 aliphatic heterocycles. The topological polar surface area (TPSA) is 29.3 Å². The first-order valence-electron chi connectivity index (χ1n) is 5.33. The Kier molecular flexibility index (Phi) is 2.53. The zero-order valence-corrected chi connectivity index (χ0v) is 9.46. The highest BCUT2D eigenvalue weighted by atomic mass is 15.1. The second-order valence-electron chi connectivity index (χ2n) is 4.44. The molecule has 1 atom stereocenters. The van der Waals surface area contributed by atoms with E-state index in [1.54, 1.807) is 0 Å². The van der Waals surface area contributed by atoms with Crippen LogP contribution >= 0.6 is 0 Å². The van der Waals surface area contributed by atoms with Gasteiger partial charge in [0, 0.05) is 12.2 Å². The molecule has 1 aromatic carbocycles. The summed E-state index contributed by atoms with van der Waals surface area (Å²) >= 11 is 0. The van der Waals surface area contributed by atoms with E-state index >= 15 is 0 Å². The van der Waals surface area contributed by atoms with Gasteiger partial charge in [-0.2, -0.15) is 0 Å². The summed E-state index contributed by atoms with van der Waals surface area (Å²) in [6.45, 7) is 7.25. The zero-order valence-electron chi connectivity index (χ0n) is 9.46. The van der Waals surface area contributed by atoms with Crippen molar-refractivity contribution in [3.8, 4) is 0 Å². The van der Waals surface area contributed by atoms with Gasteiger partial charge in [-0.3, -0.25) is 4.90 Å². The second kappa shape index (κ2) is 3.70. The highest BCUT2D eigenvalue weighted by Crippen LogP contribution is 2.34. The summed E-state index contributed by atoms with van der Waals surface area (Å²) in [7, 11) is 2.14. The van der Waals surface area contributed by atoms with E-state index in [1.165, 1.54) is 16.7 Å². The summed E-state index contributed by atoms with van der Waals surface area (Å²) in [5, 5.41) is 0. The van der Waals surface area contributed by atoms with Crippen LogP contribution in [-0.4, -0.2) is 18.5 Å². The van der Waals surface area contributed by atoms with Gasteiger partial charge in [0.05, 0.1) is 6.04 Å². The lowest BCUT2D eigenvalue weighted by Crippen LogP contribution is -2.32. The fraction of sp³-hybridized carbons (Fsp3) is 0.385. The lowest BCUT2D eigenvalue weighted by atomic mass is 9.89. The van der Waals surface area contributed by atoms with Crippen LogP contribution in [-0.2, 0) is 6.42 Å². The third-order valence-electron chi connectivity index (χ3n) is 3.11. The molecule has 2 N–H and O–H groups in total. The minimum Gasteiger partial charge on any atom is -0.399 e. The number of rotatable bonds is 1. The maximum atomic E-state index is 5.84. The first-order valence-corrected chi connectivity index (χ1v) is 5.33. The SMILES string of the molecule is C=C(C)[C@H]1c2cc(N)ccc2CCN1C. The third-order valence-corrected chi connectivity index (χ3v) is 3.11. The van der Waals surface area contributed by atoms with Gasteiger partial charge in [0.25, 0.3) is 0 Å². The predicted octanol–water partition coefficient (Wildman–Crippen LogP) is 2.37. The molecule has 2 nitrogen and oxygen atoms in total. The fourth-order valence-corrected chi connectivity index (χ4v) is 2.40. The van der Waals surface area contributed by atoms with E-state index in [0.29, 0.717) is 6.04 Å². The molecule has 1 aromatic rings. The van der Waals surface area contributed by atoms with Gasteiger partial charge in [0.1, 0.15) is 0 Å². The summed E-state index contributed by atoms with van der Waals surface area (Å²) in [6, 6.07) is 6.55. The Morgan fingerprint density at radius 1 is 1.53 bits per heavy atom. The molecule has 80 valence electrons. The van der Waals surface area contributed by atoms with E-state index in [2.05, 4.69) is 37.6 Å². The van der Waals surface area contributed by atoms with Crippen LogP contribution in [0.2, 0.25) is 0 Å². The van der Waals surface area contributed by atoms with Crippen LogP contribution in [0.1, 0.15) is 24.1 Å². The zero-order chi connectivity index (χ0) is 11.0. The summed E-state index contributed by atoms with van der Waals surface area (Å²) in [6.07, 6.45) is 1.11. The molecular weight excluding hydrogens is 184 g/mol. The van der Waals surface area contributed by atoms with Crippen LogP contribution in [0.4, 0.5) is 5.69 Å². The Hall–Kier alpha value is -1.28. The lowest BCUT2D eigenvalue weighted by molar-refractivity contribution is 0.261. The van der Waals surface area contributed by atoms with E-state index in [4.69, 9.17) is 5.73 Å². The Labute approximate surface area is 91.4 Å². The maximum absolute atomic E-state index is 5.84. The van der Waals surface area contributed by atoms with Gasteiger partial charge in [-0.25, -0.2) is 0 Å². The third kappa shape index (κ3) is 1.77. The first-order chi connectivity index (χ1) is 7.09. The number of anilines is 1. The lowest BCUT2D eigenvalue weighted by Gasteiger charge is -2.35. The molecule has 0 saturated heterocycles. The number of hydrogen-bond donors (Lipinski definition) is 1. The molecule has 0 saturated carbocycles. The van der Waals surface area contributed by atoms with Crippen molar-refractivity contribution in [2.45, 2.75) is 19.4 Å². The second-order valence-corrected chi connectivity index (χ2v) is 4.44. The van der Waals surface area contributed by atoms with E-state index in [0.717, 1.165) is 18.7 Å². The van der Waals surface area contributed by atoms with Crippen molar-refractivity contribution in [1.29, 1.82) is 0 Å². The van der Waals surface area contributed by atoms with Crippen LogP contribution in [0.5, 0.6) is 0 Å². The molecule has 2 heteroatoms. The van der Waals surface area contributed by atoms with E-state index < -0.39 is 0 Å². The van der Waals surface area contributed by atoms with Crippen molar-refractivity contribution in [2.75, 3.05) is 19.3 Å². The standard InChI is InChI=1S/C13H18N2/c1-9(2)13-12-8-11(14)5-4-10(12)6-7-15(13)3/h4-5,8,13H,1,6-7,14H2,2-3H3/t13-/m0/s1. The molecule has 0 spiro atoms. The highest BCUT2D eigenvalue weighted by molar-refractivity contribution is 5.48. The van der Waals surface area contributed by atoms with Gasteiger partial charge in [-0.05, 0) is 43.7 Å². The number of hydrogen-bond acceptors (Lipinski definition) is 2. The summed E-state index contributed by atoms with van der Waals surface area (Å²) in [5.41, 5.74) is 10.6.